The van der Waals surface area contributed by atoms with Crippen LogP contribution in [0.4, 0.5) is 17.6 Å². The van der Waals surface area contributed by atoms with Crippen LogP contribution in [0.3, 0.4) is 0 Å². The highest BCUT2D eigenvalue weighted by atomic mass is 19.4. The number of hydrogen-bond donors (Lipinski definition) is 2. The minimum absolute atomic E-state index is 0.185. The zero-order chi connectivity index (χ0) is 22.1. The number of fused-ring (bicyclic) bond motifs is 6. The van der Waals surface area contributed by atoms with Crippen molar-refractivity contribution in [2.45, 2.75) is 24.6 Å². The monoisotopic (exact) mass is 432 g/mol. The Bertz CT molecular complexity index is 943. The number of aromatic nitrogens is 1. The van der Waals surface area contributed by atoms with E-state index in [0.717, 1.165) is 41.9 Å². The van der Waals surface area contributed by atoms with E-state index in [1.54, 1.807) is 7.11 Å². The number of nitrogens with zero attached hydrogens (tertiary/aromatic N) is 1. The lowest BCUT2D eigenvalue weighted by Gasteiger charge is -2.30. The number of aromatic amines is 1. The minimum atomic E-state index is -5.08. The van der Waals surface area contributed by atoms with Crippen molar-refractivity contribution in [1.29, 1.82) is 0 Å². The van der Waals surface area contributed by atoms with E-state index in [1.165, 1.54) is 5.56 Å². The number of halogens is 4. The molecule has 11 heteroatoms. The zero-order valence-electron chi connectivity index (χ0n) is 16.0. The maximum absolute atomic E-state index is 12.4. The largest absolute Gasteiger partial charge is 0.497 e. The van der Waals surface area contributed by atoms with Crippen LogP contribution in [0.5, 0.6) is 5.75 Å². The lowest BCUT2D eigenvalue weighted by Crippen LogP contribution is -2.37. The molecular formula is C19H20F4N2O5. The molecule has 30 heavy (non-hydrogen) atoms. The quantitative estimate of drug-likeness (QED) is 0.570. The average molecular weight is 432 g/mol. The summed E-state index contributed by atoms with van der Waals surface area (Å²) < 4.78 is 54.5. The number of nitrogens with one attached hydrogen (secondary N) is 1. The van der Waals surface area contributed by atoms with Gasteiger partial charge in [0.2, 0.25) is 0 Å². The number of carboxylic acid groups (broad SMARTS) is 1. The third-order valence-electron chi connectivity index (χ3n) is 5.13. The third-order valence-corrected chi connectivity index (χ3v) is 5.13. The van der Waals surface area contributed by atoms with E-state index in [4.69, 9.17) is 19.4 Å². The lowest BCUT2D eigenvalue weighted by atomic mass is 9.90. The van der Waals surface area contributed by atoms with Crippen LogP contribution >= 0.6 is 0 Å². The highest BCUT2D eigenvalue weighted by Gasteiger charge is 2.44. The first-order valence-electron chi connectivity index (χ1n) is 9.13. The molecule has 2 N–H and O–H groups in total. The van der Waals surface area contributed by atoms with E-state index in [0.29, 0.717) is 5.92 Å². The standard InChI is InChI=1S/C17H19FN2O3.C2HF3O2/c1-22-11-2-3-13-12(8-11)14-10-4-6-20(9-10)16(15(14)19-13)17(21)23-7-5-18;3-2(4,5)1(6)7/h2-3,8,10,16,19H,4-7,9H2,1H3;(H,6,7). The molecular weight excluding hydrogens is 412 g/mol. The van der Waals surface area contributed by atoms with Crippen LogP contribution < -0.4 is 4.74 Å². The van der Waals surface area contributed by atoms with Crippen LogP contribution in [0.15, 0.2) is 18.2 Å². The molecule has 0 saturated carbocycles. The van der Waals surface area contributed by atoms with Gasteiger partial charge in [-0.05, 0) is 36.7 Å². The topological polar surface area (TPSA) is 91.9 Å². The highest BCUT2D eigenvalue weighted by Crippen LogP contribution is 2.46. The molecule has 2 bridgehead atoms. The summed E-state index contributed by atoms with van der Waals surface area (Å²) in [6.07, 6.45) is -4.07. The second-order valence-electron chi connectivity index (χ2n) is 6.91. The van der Waals surface area contributed by atoms with E-state index in [2.05, 4.69) is 9.88 Å². The molecule has 1 fully saturated rings. The molecule has 3 unspecified atom stereocenters. The Kier molecular flexibility index (Phi) is 6.20. The first-order valence-corrected chi connectivity index (χ1v) is 9.13. The van der Waals surface area contributed by atoms with Gasteiger partial charge in [-0.3, -0.25) is 4.90 Å². The number of ether oxygens (including phenoxy) is 2. The molecule has 7 nitrogen and oxygen atoms in total. The molecule has 1 saturated heterocycles. The highest BCUT2D eigenvalue weighted by molar-refractivity contribution is 5.90. The van der Waals surface area contributed by atoms with Crippen LogP contribution in [-0.2, 0) is 14.3 Å². The first-order chi connectivity index (χ1) is 14.2. The van der Waals surface area contributed by atoms with E-state index in [1.807, 2.05) is 18.2 Å². The van der Waals surface area contributed by atoms with Crippen molar-refractivity contribution < 1.29 is 41.7 Å². The number of aliphatic carboxylic acids is 1. The Hall–Kier alpha value is -2.82. The van der Waals surface area contributed by atoms with Crippen LogP contribution in [0.25, 0.3) is 10.9 Å². The summed E-state index contributed by atoms with van der Waals surface area (Å²) in [6.45, 7) is 0.856. The number of hydrogen-bond acceptors (Lipinski definition) is 5. The van der Waals surface area contributed by atoms with Gasteiger partial charge >= 0.3 is 18.1 Å². The summed E-state index contributed by atoms with van der Waals surface area (Å²) >= 11 is 0. The van der Waals surface area contributed by atoms with Crippen molar-refractivity contribution in [3.05, 3.63) is 29.5 Å². The van der Waals surface area contributed by atoms with Crippen molar-refractivity contribution in [3.8, 4) is 5.75 Å². The van der Waals surface area contributed by atoms with Gasteiger partial charge in [0.25, 0.3) is 0 Å². The molecule has 3 heterocycles. The predicted octanol–water partition coefficient (Wildman–Crippen LogP) is 3.17. The third kappa shape index (κ3) is 4.20. The van der Waals surface area contributed by atoms with Crippen molar-refractivity contribution in [1.82, 2.24) is 9.88 Å². The number of esters is 1. The number of H-pyrrole nitrogens is 1. The van der Waals surface area contributed by atoms with E-state index in [-0.39, 0.29) is 12.6 Å². The molecule has 2 aliphatic heterocycles. The summed E-state index contributed by atoms with van der Waals surface area (Å²) in [5.74, 6) is -1.91. The average Bonchev–Trinajstić information content (AvgIpc) is 3.28. The number of carboxylic acids is 1. The van der Waals surface area contributed by atoms with Gasteiger partial charge in [-0.15, -0.1) is 0 Å². The molecule has 2 aliphatic rings. The maximum Gasteiger partial charge on any atom is 0.490 e. The van der Waals surface area contributed by atoms with Gasteiger partial charge in [-0.25, -0.2) is 14.0 Å². The summed E-state index contributed by atoms with van der Waals surface area (Å²) in [5.41, 5.74) is 3.08. The van der Waals surface area contributed by atoms with Gasteiger partial charge < -0.3 is 19.6 Å². The Morgan fingerprint density at radius 3 is 2.63 bits per heavy atom. The Morgan fingerprint density at radius 1 is 1.33 bits per heavy atom. The fraction of sp³-hybridized carbons (Fsp3) is 0.474. The number of alkyl halides is 4. The van der Waals surface area contributed by atoms with Crippen LogP contribution in [0, 0.1) is 0 Å². The van der Waals surface area contributed by atoms with E-state index >= 15 is 0 Å². The fourth-order valence-electron chi connectivity index (χ4n) is 3.92. The van der Waals surface area contributed by atoms with Crippen molar-refractivity contribution in [2.75, 3.05) is 33.5 Å². The Morgan fingerprint density at radius 2 is 2.03 bits per heavy atom. The first kappa shape index (κ1) is 21.9. The second-order valence-corrected chi connectivity index (χ2v) is 6.91. The van der Waals surface area contributed by atoms with Gasteiger partial charge in [0, 0.05) is 29.1 Å². The summed E-state index contributed by atoms with van der Waals surface area (Å²) in [6, 6.07) is 5.43. The van der Waals surface area contributed by atoms with Crippen LogP contribution in [0.2, 0.25) is 0 Å². The molecule has 0 spiro atoms. The molecule has 0 radical (unpaired) electrons. The van der Waals surface area contributed by atoms with Crippen molar-refractivity contribution >= 4 is 22.8 Å². The zero-order valence-corrected chi connectivity index (χ0v) is 16.0. The molecule has 164 valence electrons. The van der Waals surface area contributed by atoms with Crippen molar-refractivity contribution in [2.24, 2.45) is 0 Å². The van der Waals surface area contributed by atoms with E-state index < -0.39 is 24.9 Å². The maximum atomic E-state index is 12.4. The smallest absolute Gasteiger partial charge is 0.490 e. The number of rotatable bonds is 4. The molecule has 0 aliphatic carbocycles. The van der Waals surface area contributed by atoms with Gasteiger partial charge in [0.15, 0.2) is 0 Å². The normalized spacial score (nSPS) is 22.1. The summed E-state index contributed by atoms with van der Waals surface area (Å²) in [4.78, 5) is 26.8. The lowest BCUT2D eigenvalue weighted by molar-refractivity contribution is -0.192. The molecule has 2 aromatic rings. The number of benzene rings is 1. The van der Waals surface area contributed by atoms with Crippen molar-refractivity contribution in [3.63, 3.8) is 0 Å². The fourth-order valence-corrected chi connectivity index (χ4v) is 3.92. The van der Waals surface area contributed by atoms with Gasteiger partial charge in [-0.1, -0.05) is 0 Å². The summed E-state index contributed by atoms with van der Waals surface area (Å²) in [7, 11) is 1.65. The van der Waals surface area contributed by atoms with E-state index in [9.17, 15) is 22.4 Å². The Balaban J connectivity index is 0.000000318. The molecule has 0 amide bonds. The number of methoxy groups -OCH3 is 1. The number of carbonyl (C=O) groups is 2. The van der Waals surface area contributed by atoms with Gasteiger partial charge in [0.1, 0.15) is 25.1 Å². The SMILES string of the molecule is COc1ccc2[nH]c3c(c2c1)C1CCN(C1)C3C(=O)OCCF.O=C(O)C(F)(F)F. The second kappa shape index (κ2) is 8.50. The molecule has 1 aromatic carbocycles. The summed E-state index contributed by atoms with van der Waals surface area (Å²) in [5, 5.41) is 8.23. The molecule has 1 aromatic heterocycles. The molecule has 4 rings (SSSR count). The predicted molar refractivity (Wildman–Crippen MR) is 97.1 cm³/mol. The van der Waals surface area contributed by atoms with Gasteiger partial charge in [0.05, 0.1) is 7.11 Å². The Labute approximate surface area is 168 Å². The minimum Gasteiger partial charge on any atom is -0.497 e. The molecule has 3 atom stereocenters. The van der Waals surface area contributed by atoms with Gasteiger partial charge in [-0.2, -0.15) is 13.2 Å². The van der Waals surface area contributed by atoms with Crippen LogP contribution in [-0.4, -0.2) is 66.6 Å². The van der Waals surface area contributed by atoms with Crippen LogP contribution in [0.1, 0.15) is 29.6 Å². The number of carbonyl (C=O) groups excluding carboxylic acids is 1.